The molecule has 110 valence electrons. The summed E-state index contributed by atoms with van der Waals surface area (Å²) in [6.45, 7) is 2.14. The molecular weight excluding hydrogens is 284 g/mol. The summed E-state index contributed by atoms with van der Waals surface area (Å²) in [6.07, 6.45) is 1.70. The molecule has 0 saturated heterocycles. The summed E-state index contributed by atoms with van der Waals surface area (Å²) in [5, 5.41) is 10.8. The van der Waals surface area contributed by atoms with Crippen molar-refractivity contribution in [3.8, 4) is 0 Å². The van der Waals surface area contributed by atoms with Crippen molar-refractivity contribution in [3.63, 3.8) is 0 Å². The summed E-state index contributed by atoms with van der Waals surface area (Å²) in [4.78, 5) is 10.2. The Labute approximate surface area is 116 Å². The molecule has 1 aliphatic carbocycles. The minimum atomic E-state index is -3.65. The molecule has 1 saturated carbocycles. The largest absolute Gasteiger partial charge is 0.318 e. The van der Waals surface area contributed by atoms with Gasteiger partial charge in [-0.1, -0.05) is 6.92 Å². The van der Waals surface area contributed by atoms with Gasteiger partial charge in [0.1, 0.15) is 5.69 Å². The Balaban J connectivity index is 2.44. The predicted molar refractivity (Wildman–Crippen MR) is 73.5 cm³/mol. The number of hydrogen-bond acceptors (Lipinski definition) is 6. The van der Waals surface area contributed by atoms with Crippen LogP contribution in [0.15, 0.2) is 23.1 Å². The molecule has 1 fully saturated rings. The zero-order valence-electron chi connectivity index (χ0n) is 10.9. The molecule has 2 rings (SSSR count). The van der Waals surface area contributed by atoms with Gasteiger partial charge >= 0.3 is 0 Å². The number of hydrogen-bond donors (Lipinski definition) is 2. The zero-order chi connectivity index (χ0) is 14.9. The molecule has 3 N–H and O–H groups in total. The van der Waals surface area contributed by atoms with Gasteiger partial charge < -0.3 is 5.43 Å². The summed E-state index contributed by atoms with van der Waals surface area (Å²) in [6, 6.07) is 3.61. The number of rotatable bonds is 6. The van der Waals surface area contributed by atoms with E-state index in [9.17, 15) is 18.5 Å². The normalized spacial score (nSPS) is 15.3. The molecule has 0 radical (unpaired) electrons. The Kier molecular flexibility index (Phi) is 3.93. The molecule has 0 amide bonds. The second-order valence-corrected chi connectivity index (χ2v) is 6.41. The number of hydrazine groups is 1. The van der Waals surface area contributed by atoms with Crippen LogP contribution in [0.5, 0.6) is 0 Å². The van der Waals surface area contributed by atoms with Crippen LogP contribution in [-0.2, 0) is 10.0 Å². The molecule has 0 atom stereocenters. The van der Waals surface area contributed by atoms with Crippen molar-refractivity contribution in [2.75, 3.05) is 12.0 Å². The molecule has 0 aliphatic heterocycles. The topological polar surface area (TPSA) is 119 Å². The fourth-order valence-corrected chi connectivity index (χ4v) is 3.79. The van der Waals surface area contributed by atoms with Crippen molar-refractivity contribution in [3.05, 3.63) is 28.3 Å². The van der Waals surface area contributed by atoms with Crippen LogP contribution in [0, 0.1) is 10.1 Å². The van der Waals surface area contributed by atoms with E-state index in [2.05, 4.69) is 5.43 Å². The highest BCUT2D eigenvalue weighted by Gasteiger charge is 2.37. The molecule has 1 aromatic carbocycles. The highest BCUT2D eigenvalue weighted by Crippen LogP contribution is 2.34. The number of nitro groups is 1. The van der Waals surface area contributed by atoms with Gasteiger partial charge in [0.2, 0.25) is 10.0 Å². The number of nitrogens with zero attached hydrogens (tertiary/aromatic N) is 2. The maximum atomic E-state index is 12.5. The Morgan fingerprint density at radius 2 is 2.15 bits per heavy atom. The molecule has 0 heterocycles. The van der Waals surface area contributed by atoms with Gasteiger partial charge in [-0.2, -0.15) is 4.31 Å². The summed E-state index contributed by atoms with van der Waals surface area (Å²) < 4.78 is 26.4. The lowest BCUT2D eigenvalue weighted by Gasteiger charge is -2.20. The number of nitrogen functional groups attached to an aromatic ring is 1. The molecule has 0 aromatic heterocycles. The molecule has 8 nitrogen and oxygen atoms in total. The SMILES string of the molecule is CCN(C1CC1)S(=O)(=O)c1ccc([N+](=O)[O-])c(NN)c1. The van der Waals surface area contributed by atoms with Crippen molar-refractivity contribution in [1.82, 2.24) is 4.31 Å². The van der Waals surface area contributed by atoms with Crippen molar-refractivity contribution in [2.24, 2.45) is 5.84 Å². The number of benzene rings is 1. The number of sulfonamides is 1. The maximum absolute atomic E-state index is 12.5. The number of nitrogens with two attached hydrogens (primary N) is 1. The highest BCUT2D eigenvalue weighted by molar-refractivity contribution is 7.89. The molecule has 1 aromatic rings. The molecule has 0 spiro atoms. The Hall–Kier alpha value is -1.71. The second-order valence-electron chi connectivity index (χ2n) is 4.52. The fraction of sp³-hybridized carbons (Fsp3) is 0.455. The van der Waals surface area contributed by atoms with E-state index in [1.807, 2.05) is 0 Å². The average molecular weight is 300 g/mol. The van der Waals surface area contributed by atoms with Gasteiger partial charge in [0.05, 0.1) is 9.82 Å². The minimum absolute atomic E-state index is 0.00444. The fourth-order valence-electron chi connectivity index (χ4n) is 2.07. The van der Waals surface area contributed by atoms with Crippen LogP contribution in [0.25, 0.3) is 0 Å². The van der Waals surface area contributed by atoms with Gasteiger partial charge in [-0.3, -0.25) is 16.0 Å². The lowest BCUT2D eigenvalue weighted by Crippen LogP contribution is -2.33. The molecule has 9 heteroatoms. The smallest absolute Gasteiger partial charge is 0.293 e. The third-order valence-corrected chi connectivity index (χ3v) is 5.22. The van der Waals surface area contributed by atoms with Crippen LogP contribution in [0.3, 0.4) is 0 Å². The van der Waals surface area contributed by atoms with Gasteiger partial charge in [-0.05, 0) is 25.0 Å². The lowest BCUT2D eigenvalue weighted by atomic mass is 10.3. The van der Waals surface area contributed by atoms with Crippen molar-refractivity contribution in [1.29, 1.82) is 0 Å². The quantitative estimate of drug-likeness (QED) is 0.460. The van der Waals surface area contributed by atoms with Crippen LogP contribution in [0.2, 0.25) is 0 Å². The van der Waals surface area contributed by atoms with E-state index in [-0.39, 0.29) is 22.3 Å². The van der Waals surface area contributed by atoms with E-state index in [1.54, 1.807) is 6.92 Å². The Morgan fingerprint density at radius 3 is 2.60 bits per heavy atom. The first-order chi connectivity index (χ1) is 9.41. The minimum Gasteiger partial charge on any atom is -0.318 e. The first-order valence-electron chi connectivity index (χ1n) is 6.18. The molecule has 1 aliphatic rings. The van der Waals surface area contributed by atoms with Crippen LogP contribution >= 0.6 is 0 Å². The van der Waals surface area contributed by atoms with E-state index >= 15 is 0 Å². The van der Waals surface area contributed by atoms with Gasteiger partial charge in [0, 0.05) is 18.7 Å². The van der Waals surface area contributed by atoms with Gasteiger partial charge in [-0.25, -0.2) is 8.42 Å². The zero-order valence-corrected chi connectivity index (χ0v) is 11.8. The van der Waals surface area contributed by atoms with E-state index < -0.39 is 14.9 Å². The summed E-state index contributed by atoms with van der Waals surface area (Å²) in [7, 11) is -3.65. The summed E-state index contributed by atoms with van der Waals surface area (Å²) in [5.41, 5.74) is 1.88. The lowest BCUT2D eigenvalue weighted by molar-refractivity contribution is -0.384. The second kappa shape index (κ2) is 5.35. The first kappa shape index (κ1) is 14.7. The van der Waals surface area contributed by atoms with E-state index in [4.69, 9.17) is 5.84 Å². The van der Waals surface area contributed by atoms with Gasteiger partial charge in [0.25, 0.3) is 5.69 Å². The predicted octanol–water partition coefficient (Wildman–Crippen LogP) is 1.05. The molecule has 0 unspecified atom stereocenters. The van der Waals surface area contributed by atoms with Crippen LogP contribution < -0.4 is 11.3 Å². The number of anilines is 1. The maximum Gasteiger partial charge on any atom is 0.293 e. The van der Waals surface area contributed by atoms with Crippen molar-refractivity contribution in [2.45, 2.75) is 30.7 Å². The third kappa shape index (κ3) is 2.60. The number of nitrogens with one attached hydrogen (secondary N) is 1. The van der Waals surface area contributed by atoms with Gasteiger partial charge in [-0.15, -0.1) is 0 Å². The number of nitro benzene ring substituents is 1. The Morgan fingerprint density at radius 1 is 1.50 bits per heavy atom. The van der Waals surface area contributed by atoms with Gasteiger partial charge in [0.15, 0.2) is 0 Å². The molecular formula is C11H16N4O4S. The van der Waals surface area contributed by atoms with E-state index in [0.29, 0.717) is 6.54 Å². The van der Waals surface area contributed by atoms with Crippen LogP contribution in [0.4, 0.5) is 11.4 Å². The van der Waals surface area contributed by atoms with E-state index in [1.165, 1.54) is 16.4 Å². The highest BCUT2D eigenvalue weighted by atomic mass is 32.2. The third-order valence-electron chi connectivity index (χ3n) is 3.19. The average Bonchev–Trinajstić information content (AvgIpc) is 3.22. The monoisotopic (exact) mass is 300 g/mol. The summed E-state index contributed by atoms with van der Waals surface area (Å²) in [5.74, 6) is 5.22. The van der Waals surface area contributed by atoms with Crippen LogP contribution in [-0.4, -0.2) is 30.2 Å². The van der Waals surface area contributed by atoms with Crippen molar-refractivity contribution >= 4 is 21.4 Å². The first-order valence-corrected chi connectivity index (χ1v) is 7.62. The van der Waals surface area contributed by atoms with Crippen molar-refractivity contribution < 1.29 is 13.3 Å². The molecule has 0 bridgehead atoms. The molecule has 20 heavy (non-hydrogen) atoms. The van der Waals surface area contributed by atoms with Crippen LogP contribution in [0.1, 0.15) is 19.8 Å². The summed E-state index contributed by atoms with van der Waals surface area (Å²) >= 11 is 0. The Bertz CT molecular complexity index is 627. The standard InChI is InChI=1S/C11H16N4O4S/c1-2-14(8-3-4-8)20(18,19)9-5-6-11(15(16)17)10(7-9)13-12/h5-8,13H,2-4,12H2,1H3. The van der Waals surface area contributed by atoms with E-state index in [0.717, 1.165) is 18.9 Å².